The lowest BCUT2D eigenvalue weighted by Crippen LogP contribution is -2.30. The van der Waals surface area contributed by atoms with Crippen molar-refractivity contribution in [3.63, 3.8) is 0 Å². The van der Waals surface area contributed by atoms with E-state index < -0.39 is 23.3 Å². The average molecular weight is 516 g/mol. The third kappa shape index (κ3) is 9.11. The molecule has 0 aliphatic carbocycles. The van der Waals surface area contributed by atoms with Gasteiger partial charge >= 0.3 is 17.9 Å². The molecule has 0 heterocycles. The number of halogens is 2. The van der Waals surface area contributed by atoms with Crippen LogP contribution in [0.15, 0.2) is 106 Å². The van der Waals surface area contributed by atoms with Gasteiger partial charge in [0.2, 0.25) is 0 Å². The molecule has 0 aromatic heterocycles. The molecule has 0 fully saturated rings. The Labute approximate surface area is 215 Å². The summed E-state index contributed by atoms with van der Waals surface area (Å²) >= 11 is 0. The Hall–Kier alpha value is -3.19. The van der Waals surface area contributed by atoms with Crippen molar-refractivity contribution in [3.05, 3.63) is 91.0 Å². The molecule has 0 radical (unpaired) electrons. The number of rotatable bonds is 9. The van der Waals surface area contributed by atoms with Crippen LogP contribution in [0.25, 0.3) is 0 Å². The first-order valence-electron chi connectivity index (χ1n) is 11.7. The summed E-state index contributed by atoms with van der Waals surface area (Å²) in [6.07, 6.45) is 0.596. The van der Waals surface area contributed by atoms with Gasteiger partial charge in [-0.3, -0.25) is 4.79 Å². The molecule has 0 amide bonds. The first kappa shape index (κ1) is 29.0. The van der Waals surface area contributed by atoms with Gasteiger partial charge in [-0.05, 0) is 56.7 Å². The number of hydrogen-bond donors (Lipinski definition) is 0. The van der Waals surface area contributed by atoms with E-state index in [1.165, 1.54) is 14.7 Å². The maximum atomic E-state index is 12.4. The van der Waals surface area contributed by atoms with Gasteiger partial charge in [0.15, 0.2) is 14.7 Å². The van der Waals surface area contributed by atoms with Crippen molar-refractivity contribution in [2.45, 2.75) is 54.7 Å². The highest BCUT2D eigenvalue weighted by Gasteiger charge is 2.34. The predicted molar refractivity (Wildman–Crippen MR) is 138 cm³/mol. The molecule has 0 spiro atoms. The van der Waals surface area contributed by atoms with Crippen LogP contribution in [0.4, 0.5) is 8.78 Å². The summed E-state index contributed by atoms with van der Waals surface area (Å²) in [5.41, 5.74) is -0.626. The second-order valence-electron chi connectivity index (χ2n) is 8.64. The van der Waals surface area contributed by atoms with Crippen molar-refractivity contribution < 1.29 is 27.8 Å². The molecule has 3 aromatic rings. The number of esters is 2. The van der Waals surface area contributed by atoms with Crippen LogP contribution in [0.3, 0.4) is 0 Å². The number of hydrogen-bond acceptors (Lipinski definition) is 4. The fourth-order valence-electron chi connectivity index (χ4n) is 2.81. The van der Waals surface area contributed by atoms with Crippen molar-refractivity contribution in [2.75, 3.05) is 13.2 Å². The molecule has 4 nitrogen and oxygen atoms in total. The molecule has 0 N–H and O–H groups in total. The largest absolute Gasteiger partial charge is 0.462 e. The summed E-state index contributed by atoms with van der Waals surface area (Å²) in [6, 6.07) is 32.2. The first-order valence-corrected chi connectivity index (χ1v) is 12.9. The van der Waals surface area contributed by atoms with Crippen LogP contribution in [0.2, 0.25) is 0 Å². The predicted octanol–water partition coefficient (Wildman–Crippen LogP) is 6.95. The molecule has 0 unspecified atom stereocenters. The van der Waals surface area contributed by atoms with Crippen LogP contribution in [-0.2, 0) is 30.0 Å². The summed E-state index contributed by atoms with van der Waals surface area (Å²) in [5, 5.41) is 0. The average Bonchev–Trinajstić information content (AvgIpc) is 2.88. The molecule has 0 aliphatic rings. The van der Waals surface area contributed by atoms with Gasteiger partial charge in [-0.2, -0.15) is 8.78 Å². The summed E-state index contributed by atoms with van der Waals surface area (Å²) < 4.78 is 33.8. The van der Waals surface area contributed by atoms with Crippen LogP contribution < -0.4 is 0 Å². The maximum absolute atomic E-state index is 12.4. The zero-order valence-electron chi connectivity index (χ0n) is 21.1. The fourth-order valence-corrected chi connectivity index (χ4v) is 4.92. The minimum atomic E-state index is -3.52. The van der Waals surface area contributed by atoms with Gasteiger partial charge in [0.1, 0.15) is 13.2 Å². The molecule has 36 heavy (non-hydrogen) atoms. The Morgan fingerprint density at radius 1 is 0.667 bits per heavy atom. The third-order valence-corrected chi connectivity index (χ3v) is 7.51. The molecule has 0 aliphatic heterocycles. The van der Waals surface area contributed by atoms with Gasteiger partial charge in [-0.1, -0.05) is 61.5 Å². The van der Waals surface area contributed by atoms with E-state index in [0.29, 0.717) is 13.3 Å². The fraction of sp³-hybridized carbons (Fsp3) is 0.310. The van der Waals surface area contributed by atoms with Gasteiger partial charge in [0.25, 0.3) is 0 Å². The van der Waals surface area contributed by atoms with E-state index >= 15 is 0 Å². The molecule has 3 aromatic carbocycles. The lowest BCUT2D eigenvalue weighted by atomic mass is 9.91. The summed E-state index contributed by atoms with van der Waals surface area (Å²) in [7, 11) is -0.0146. The van der Waals surface area contributed by atoms with Crippen LogP contribution in [-0.4, -0.2) is 31.1 Å². The standard InChI is InChI=1S/C18H15S.C11H18F2O4/c1-4-10-16(11-5-1)19(17-12-6-2-7-13-17)18-14-8-3-9-15-18;1-5-10(2,3)8(14)16-6-7-17-9(15)11(4,12)13/h1-15H;5-7H2,1-4H3/q+1;. The van der Waals surface area contributed by atoms with Crippen molar-refractivity contribution in [1.29, 1.82) is 0 Å². The van der Waals surface area contributed by atoms with E-state index in [2.05, 4.69) is 95.7 Å². The van der Waals surface area contributed by atoms with Crippen molar-refractivity contribution in [2.24, 2.45) is 5.41 Å². The Morgan fingerprint density at radius 2 is 1.00 bits per heavy atom. The Bertz CT molecular complexity index is 975. The van der Waals surface area contributed by atoms with Crippen LogP contribution in [0, 0.1) is 5.41 Å². The molecular weight excluding hydrogens is 482 g/mol. The Balaban J connectivity index is 0.000000256. The molecular formula is C29H33F2O4S+. The number of ether oxygens (including phenoxy) is 2. The molecule has 0 atom stereocenters. The van der Waals surface area contributed by atoms with E-state index in [1.807, 2.05) is 6.92 Å². The van der Waals surface area contributed by atoms with Crippen molar-refractivity contribution in [1.82, 2.24) is 0 Å². The Morgan fingerprint density at radius 3 is 1.31 bits per heavy atom. The minimum Gasteiger partial charge on any atom is -0.462 e. The topological polar surface area (TPSA) is 52.6 Å². The second kappa shape index (κ2) is 13.8. The number of carbonyl (C=O) groups excluding carboxylic acids is 2. The smallest absolute Gasteiger partial charge is 0.376 e. The van der Waals surface area contributed by atoms with Gasteiger partial charge in [0, 0.05) is 6.92 Å². The molecule has 0 bridgehead atoms. The highest BCUT2D eigenvalue weighted by molar-refractivity contribution is 7.97. The Kier molecular flexibility index (Phi) is 11.1. The zero-order chi connectivity index (χ0) is 26.6. The summed E-state index contributed by atoms with van der Waals surface area (Å²) in [4.78, 5) is 26.2. The normalized spacial score (nSPS) is 11.3. The summed E-state index contributed by atoms with van der Waals surface area (Å²) in [5.74, 6) is -5.59. The van der Waals surface area contributed by atoms with Gasteiger partial charge in [0.05, 0.1) is 16.3 Å². The van der Waals surface area contributed by atoms with Crippen molar-refractivity contribution in [3.8, 4) is 0 Å². The van der Waals surface area contributed by atoms with Crippen LogP contribution in [0.1, 0.15) is 34.1 Å². The van der Waals surface area contributed by atoms with Gasteiger partial charge < -0.3 is 9.47 Å². The minimum absolute atomic E-state index is 0.0146. The quantitative estimate of drug-likeness (QED) is 0.176. The van der Waals surface area contributed by atoms with Gasteiger partial charge in [-0.25, -0.2) is 4.79 Å². The number of alkyl halides is 2. The highest BCUT2D eigenvalue weighted by Crippen LogP contribution is 2.30. The third-order valence-electron chi connectivity index (χ3n) is 5.28. The molecule has 0 saturated heterocycles. The zero-order valence-corrected chi connectivity index (χ0v) is 21.9. The van der Waals surface area contributed by atoms with E-state index in [4.69, 9.17) is 4.74 Å². The molecule has 192 valence electrons. The van der Waals surface area contributed by atoms with E-state index in [-0.39, 0.29) is 24.1 Å². The van der Waals surface area contributed by atoms with E-state index in [9.17, 15) is 18.4 Å². The van der Waals surface area contributed by atoms with E-state index in [1.54, 1.807) is 13.8 Å². The first-order chi connectivity index (χ1) is 17.1. The number of benzene rings is 3. The molecule has 3 rings (SSSR count). The van der Waals surface area contributed by atoms with Crippen LogP contribution in [0.5, 0.6) is 0 Å². The monoisotopic (exact) mass is 515 g/mol. The lowest BCUT2D eigenvalue weighted by molar-refractivity contribution is -0.173. The van der Waals surface area contributed by atoms with Crippen LogP contribution >= 0.6 is 0 Å². The lowest BCUT2D eigenvalue weighted by Gasteiger charge is -2.20. The second-order valence-corrected chi connectivity index (χ2v) is 10.7. The van der Waals surface area contributed by atoms with Gasteiger partial charge in [-0.15, -0.1) is 0 Å². The molecule has 0 saturated carbocycles. The molecule has 7 heteroatoms. The summed E-state index contributed by atoms with van der Waals surface area (Å²) in [6.45, 7) is 5.11. The number of carbonyl (C=O) groups is 2. The SMILES string of the molecule is CCC(C)(C)C(=O)OCCOC(=O)C(C)(F)F.c1ccc([S+](c2ccccc2)c2ccccc2)cc1. The van der Waals surface area contributed by atoms with Crippen molar-refractivity contribution >= 4 is 22.8 Å². The van der Waals surface area contributed by atoms with E-state index in [0.717, 1.165) is 0 Å². The highest BCUT2D eigenvalue weighted by atomic mass is 32.2. The maximum Gasteiger partial charge on any atom is 0.376 e.